The number of carboxylic acid groups (broad SMARTS) is 1. The number of esters is 1. The van der Waals surface area contributed by atoms with Gasteiger partial charge in [-0.25, -0.2) is 9.59 Å². The molecule has 0 aliphatic heterocycles. The number of aliphatic carboxylic acids is 1. The van der Waals surface area contributed by atoms with Gasteiger partial charge in [-0.15, -0.1) is 0 Å². The third kappa shape index (κ3) is 19.9. The van der Waals surface area contributed by atoms with Gasteiger partial charge < -0.3 is 28.8 Å². The Morgan fingerprint density at radius 2 is 0.944 bits per heavy atom. The minimum Gasteiger partial charge on any atom is -0.493 e. The van der Waals surface area contributed by atoms with Gasteiger partial charge in [-0.2, -0.15) is 23.5 Å². The average Bonchev–Trinajstić information content (AvgIpc) is 3.32. The number of ketones is 2. The van der Waals surface area contributed by atoms with Crippen LogP contribution in [0.3, 0.4) is 0 Å². The van der Waals surface area contributed by atoms with Crippen molar-refractivity contribution in [3.05, 3.63) is 129 Å². The highest BCUT2D eigenvalue weighted by atomic mass is 32.2. The predicted molar refractivity (Wildman–Crippen MR) is 297 cm³/mol. The number of hydrogen-bond donors (Lipinski definition) is 1. The molecule has 0 unspecified atom stereocenters. The van der Waals surface area contributed by atoms with Crippen LogP contribution < -0.4 is 18.9 Å². The molecule has 0 atom stereocenters. The van der Waals surface area contributed by atoms with Crippen LogP contribution >= 0.6 is 23.5 Å². The number of allylic oxidation sites excluding steroid dienone is 2. The van der Waals surface area contributed by atoms with Gasteiger partial charge >= 0.3 is 11.9 Å². The van der Waals surface area contributed by atoms with Crippen LogP contribution in [0, 0.1) is 27.7 Å². The molecular weight excluding hydrogens is 945 g/mol. The second kappa shape index (κ2) is 28.7. The van der Waals surface area contributed by atoms with Crippen molar-refractivity contribution in [2.45, 2.75) is 144 Å². The van der Waals surface area contributed by atoms with Crippen molar-refractivity contribution in [2.75, 3.05) is 36.2 Å². The second-order valence-corrected chi connectivity index (χ2v) is 22.3. The molecule has 1 N–H and O–H groups in total. The number of benzene rings is 4. The van der Waals surface area contributed by atoms with Crippen molar-refractivity contribution < 1.29 is 48.0 Å². The maximum Gasteiger partial charge on any atom is 0.350 e. The molecule has 390 valence electrons. The molecule has 0 saturated carbocycles. The standard InChI is InChI=1S/C60H78O10S2/c1-12-13-17-34-71-36-32-66-50-25-21-49(22-26-50)53(62)30-20-47-40-44(4)55(45(5)41-47)69-60(10,11)57(65)70-58(6,7)31-16-14-15-18-35-72-37-33-67-51-27-23-48(24-28-51)52(61)29-19-46-38-42(2)54(43(3)39-46)68-59(8,9)56(63)64/h19-30,38-41H,12-18,31-37H2,1-11H3,(H,63,64)/b29-19+,30-20+. The minimum atomic E-state index is -1.36. The molecule has 0 aromatic heterocycles. The van der Waals surface area contributed by atoms with Crippen LogP contribution in [-0.4, -0.2) is 81.6 Å². The summed E-state index contributed by atoms with van der Waals surface area (Å²) < 4.78 is 30.0. The highest BCUT2D eigenvalue weighted by Gasteiger charge is 2.37. The molecule has 0 heterocycles. The van der Waals surface area contributed by atoms with Crippen molar-refractivity contribution in [1.29, 1.82) is 0 Å². The van der Waals surface area contributed by atoms with Crippen molar-refractivity contribution in [1.82, 2.24) is 0 Å². The van der Waals surface area contributed by atoms with Gasteiger partial charge in [-0.1, -0.05) is 44.8 Å². The topological polar surface area (TPSA) is 135 Å². The molecule has 4 rings (SSSR count). The van der Waals surface area contributed by atoms with E-state index in [1.54, 1.807) is 56.3 Å². The molecule has 0 spiro atoms. The SMILES string of the molecule is CCCCCSCCOc1ccc(C(=O)/C=C/c2cc(C)c(OC(C)(C)C(=O)OC(C)(C)CCCCCCSCCOc3ccc(C(=O)/C=C/c4cc(C)c(OC(C)(C)C(=O)O)c(C)c4)cc3)c(C)c2)cc1. The number of thioether (sulfide) groups is 2. The molecule has 72 heavy (non-hydrogen) atoms. The van der Waals surface area contributed by atoms with Gasteiger partial charge in [-0.3, -0.25) is 9.59 Å². The first kappa shape index (κ1) is 59.1. The number of ether oxygens (including phenoxy) is 5. The van der Waals surface area contributed by atoms with Crippen LogP contribution in [0.1, 0.15) is 154 Å². The summed E-state index contributed by atoms with van der Waals surface area (Å²) in [6.45, 7) is 21.4. The summed E-state index contributed by atoms with van der Waals surface area (Å²) in [6.07, 6.45) is 15.3. The normalized spacial score (nSPS) is 12.0. The summed E-state index contributed by atoms with van der Waals surface area (Å²) >= 11 is 3.76. The highest BCUT2D eigenvalue weighted by Crippen LogP contribution is 2.32. The van der Waals surface area contributed by atoms with Gasteiger partial charge in [-0.05, 0) is 225 Å². The van der Waals surface area contributed by atoms with E-state index in [0.717, 1.165) is 94.2 Å². The molecule has 0 bridgehead atoms. The Morgan fingerprint density at radius 1 is 0.542 bits per heavy atom. The molecule has 4 aromatic rings. The van der Waals surface area contributed by atoms with Crippen LogP contribution in [-0.2, 0) is 14.3 Å². The summed E-state index contributed by atoms with van der Waals surface area (Å²) in [5, 5.41) is 9.44. The van der Waals surface area contributed by atoms with E-state index in [2.05, 4.69) is 6.92 Å². The summed E-state index contributed by atoms with van der Waals surface area (Å²) in [4.78, 5) is 50.9. The lowest BCUT2D eigenvalue weighted by atomic mass is 9.99. The third-order valence-electron chi connectivity index (χ3n) is 11.9. The number of aryl methyl sites for hydroxylation is 4. The van der Waals surface area contributed by atoms with Crippen LogP contribution in [0.25, 0.3) is 12.2 Å². The zero-order valence-electron chi connectivity index (χ0n) is 44.6. The smallest absolute Gasteiger partial charge is 0.350 e. The predicted octanol–water partition coefficient (Wildman–Crippen LogP) is 14.5. The zero-order valence-corrected chi connectivity index (χ0v) is 46.2. The zero-order chi connectivity index (χ0) is 52.9. The van der Waals surface area contributed by atoms with Gasteiger partial charge in [0, 0.05) is 22.6 Å². The number of carbonyl (C=O) groups is 4. The molecule has 0 saturated heterocycles. The van der Waals surface area contributed by atoms with Gasteiger partial charge in [0.15, 0.2) is 22.8 Å². The molecule has 12 heteroatoms. The molecule has 4 aromatic carbocycles. The fourth-order valence-electron chi connectivity index (χ4n) is 7.67. The largest absolute Gasteiger partial charge is 0.493 e. The molecule has 0 aliphatic rings. The minimum absolute atomic E-state index is 0.0961. The second-order valence-electron chi connectivity index (χ2n) is 19.9. The number of unbranched alkanes of at least 4 members (excludes halogenated alkanes) is 5. The lowest BCUT2D eigenvalue weighted by molar-refractivity contribution is -0.173. The van der Waals surface area contributed by atoms with Crippen LogP contribution in [0.4, 0.5) is 0 Å². The molecule has 0 amide bonds. The number of hydrogen-bond acceptors (Lipinski definition) is 11. The Balaban J connectivity index is 1.10. The Labute approximate surface area is 438 Å². The van der Waals surface area contributed by atoms with Crippen molar-refractivity contribution in [2.24, 2.45) is 0 Å². The number of rotatable bonds is 32. The molecule has 0 radical (unpaired) electrons. The maximum atomic E-state index is 13.5. The fourth-order valence-corrected chi connectivity index (χ4v) is 9.30. The van der Waals surface area contributed by atoms with Gasteiger partial charge in [0.2, 0.25) is 0 Å². The van der Waals surface area contributed by atoms with E-state index in [1.807, 2.05) is 114 Å². The maximum absolute atomic E-state index is 13.5. The van der Waals surface area contributed by atoms with Gasteiger partial charge in [0.1, 0.15) is 28.6 Å². The first-order chi connectivity index (χ1) is 34.1. The Kier molecular flexibility index (Phi) is 23.6. The van der Waals surface area contributed by atoms with E-state index in [0.29, 0.717) is 41.6 Å². The number of carboxylic acids is 1. The van der Waals surface area contributed by atoms with E-state index in [4.69, 9.17) is 23.7 Å². The lowest BCUT2D eigenvalue weighted by Gasteiger charge is -2.32. The van der Waals surface area contributed by atoms with Crippen molar-refractivity contribution in [3.8, 4) is 23.0 Å². The molecule has 0 aliphatic carbocycles. The monoisotopic (exact) mass is 1020 g/mol. The van der Waals surface area contributed by atoms with E-state index in [9.17, 15) is 24.3 Å². The average molecular weight is 1020 g/mol. The highest BCUT2D eigenvalue weighted by molar-refractivity contribution is 7.99. The van der Waals surface area contributed by atoms with Gasteiger partial charge in [0.25, 0.3) is 0 Å². The number of carbonyl (C=O) groups excluding carboxylic acids is 3. The third-order valence-corrected chi connectivity index (χ3v) is 14.0. The summed E-state index contributed by atoms with van der Waals surface area (Å²) in [5.74, 6) is 4.91. The van der Waals surface area contributed by atoms with Gasteiger partial charge in [0.05, 0.1) is 13.2 Å². The quantitative estimate of drug-likeness (QED) is 0.0216. The summed E-state index contributed by atoms with van der Waals surface area (Å²) in [5.41, 5.74) is 2.87. The van der Waals surface area contributed by atoms with Crippen molar-refractivity contribution in [3.63, 3.8) is 0 Å². The summed E-state index contributed by atoms with van der Waals surface area (Å²) in [6, 6.07) is 22.0. The van der Waals surface area contributed by atoms with Crippen LogP contribution in [0.5, 0.6) is 23.0 Å². The fraction of sp³-hybridized carbons (Fsp3) is 0.467. The van der Waals surface area contributed by atoms with E-state index in [-0.39, 0.29) is 11.6 Å². The lowest BCUT2D eigenvalue weighted by Crippen LogP contribution is -2.44. The molecule has 10 nitrogen and oxygen atoms in total. The van der Waals surface area contributed by atoms with Crippen molar-refractivity contribution >= 4 is 59.2 Å². The van der Waals surface area contributed by atoms with E-state index < -0.39 is 28.7 Å². The van der Waals surface area contributed by atoms with E-state index >= 15 is 0 Å². The van der Waals surface area contributed by atoms with Crippen LogP contribution in [0.2, 0.25) is 0 Å². The Bertz CT molecular complexity index is 2420. The Morgan fingerprint density at radius 3 is 1.36 bits per heavy atom. The molecule has 0 fully saturated rings. The summed E-state index contributed by atoms with van der Waals surface area (Å²) in [7, 11) is 0. The van der Waals surface area contributed by atoms with Crippen LogP contribution in [0.15, 0.2) is 84.9 Å². The Hall–Kier alpha value is -5.46. The van der Waals surface area contributed by atoms with E-state index in [1.165, 1.54) is 39.2 Å². The first-order valence-corrected chi connectivity index (χ1v) is 27.5. The first-order valence-electron chi connectivity index (χ1n) is 25.2. The molecular formula is C60H78O10S2.